The van der Waals surface area contributed by atoms with Crippen molar-refractivity contribution in [2.24, 2.45) is 35.0 Å². The van der Waals surface area contributed by atoms with E-state index in [4.69, 9.17) is 4.74 Å². The fraction of sp³-hybridized carbons (Fsp3) is 0.840. The van der Waals surface area contributed by atoms with Crippen molar-refractivity contribution < 1.29 is 23.9 Å². The molecule has 5 fully saturated rings. The predicted octanol–water partition coefficient (Wildman–Crippen LogP) is 2.55. The quantitative estimate of drug-likeness (QED) is 0.433. The van der Waals surface area contributed by atoms with E-state index < -0.39 is 24.1 Å². The van der Waals surface area contributed by atoms with Gasteiger partial charge in [-0.05, 0) is 81.5 Å². The molecule has 4 aliphatic carbocycles. The number of ether oxygens (including phenoxy) is 1. The van der Waals surface area contributed by atoms with Crippen LogP contribution in [0.4, 0.5) is 4.79 Å². The van der Waals surface area contributed by atoms with Gasteiger partial charge in [-0.1, -0.05) is 13.8 Å². The average molecular weight is 462 g/mol. The second-order valence-electron chi connectivity index (χ2n) is 11.6. The molecule has 0 unspecified atom stereocenters. The molecular formula is C25H39N3O5. The van der Waals surface area contributed by atoms with Gasteiger partial charge >= 0.3 is 6.09 Å². The molecule has 0 spiro atoms. The largest absolute Gasteiger partial charge is 0.449 e. The molecule has 3 amide bonds. The van der Waals surface area contributed by atoms with E-state index in [9.17, 15) is 19.2 Å². The lowest BCUT2D eigenvalue weighted by atomic mass is 9.50. The van der Waals surface area contributed by atoms with Crippen molar-refractivity contribution in [1.29, 1.82) is 0 Å². The van der Waals surface area contributed by atoms with Gasteiger partial charge in [-0.15, -0.1) is 0 Å². The van der Waals surface area contributed by atoms with Crippen molar-refractivity contribution in [2.75, 3.05) is 13.2 Å². The summed E-state index contributed by atoms with van der Waals surface area (Å²) < 4.78 is 5.69. The van der Waals surface area contributed by atoms with Crippen molar-refractivity contribution in [1.82, 2.24) is 16.0 Å². The lowest BCUT2D eigenvalue weighted by Gasteiger charge is -2.56. The molecule has 1 aliphatic heterocycles. The zero-order valence-electron chi connectivity index (χ0n) is 19.9. The Morgan fingerprint density at radius 2 is 1.76 bits per heavy atom. The summed E-state index contributed by atoms with van der Waals surface area (Å²) in [6, 6.07) is -1.54. The van der Waals surface area contributed by atoms with Gasteiger partial charge in [-0.2, -0.15) is 0 Å². The van der Waals surface area contributed by atoms with Crippen LogP contribution in [0.2, 0.25) is 0 Å². The second kappa shape index (κ2) is 10.0. The normalized spacial score (nSPS) is 34.0. The van der Waals surface area contributed by atoms with Crippen molar-refractivity contribution in [3.05, 3.63) is 0 Å². The summed E-state index contributed by atoms with van der Waals surface area (Å²) in [7, 11) is 0. The molecule has 1 saturated heterocycles. The van der Waals surface area contributed by atoms with Gasteiger partial charge < -0.3 is 25.5 Å². The summed E-state index contributed by atoms with van der Waals surface area (Å²) in [6.45, 7) is 4.97. The Kier molecular flexibility index (Phi) is 7.29. The Hall–Kier alpha value is -2.12. The van der Waals surface area contributed by atoms with E-state index in [2.05, 4.69) is 16.0 Å². The molecule has 1 heterocycles. The number of hydrogen-bond donors (Lipinski definition) is 3. The molecule has 3 N–H and O–H groups in total. The fourth-order valence-corrected chi connectivity index (χ4v) is 7.18. The highest BCUT2D eigenvalue weighted by atomic mass is 16.5. The Balaban J connectivity index is 1.30. The molecule has 3 atom stereocenters. The molecule has 0 radical (unpaired) electrons. The van der Waals surface area contributed by atoms with Gasteiger partial charge in [-0.25, -0.2) is 4.79 Å². The highest BCUT2D eigenvalue weighted by molar-refractivity contribution is 5.88. The van der Waals surface area contributed by atoms with Crippen molar-refractivity contribution in [3.8, 4) is 0 Å². The van der Waals surface area contributed by atoms with Crippen LogP contribution >= 0.6 is 0 Å². The molecule has 184 valence electrons. The molecule has 5 rings (SSSR count). The Morgan fingerprint density at radius 3 is 2.27 bits per heavy atom. The molecule has 8 heteroatoms. The highest BCUT2D eigenvalue weighted by Crippen LogP contribution is 2.60. The number of aldehydes is 1. The van der Waals surface area contributed by atoms with Crippen LogP contribution in [0.3, 0.4) is 0 Å². The third-order valence-electron chi connectivity index (χ3n) is 8.18. The van der Waals surface area contributed by atoms with Crippen LogP contribution in [0.15, 0.2) is 0 Å². The van der Waals surface area contributed by atoms with Gasteiger partial charge in [0.05, 0.1) is 12.6 Å². The summed E-state index contributed by atoms with van der Waals surface area (Å²) in [4.78, 5) is 49.0. The third kappa shape index (κ3) is 5.87. The molecule has 0 aromatic carbocycles. The van der Waals surface area contributed by atoms with Crippen molar-refractivity contribution in [3.63, 3.8) is 0 Å². The van der Waals surface area contributed by atoms with Gasteiger partial charge in [-0.3, -0.25) is 9.59 Å². The zero-order valence-corrected chi connectivity index (χ0v) is 19.9. The smallest absolute Gasteiger partial charge is 0.407 e. The number of amides is 3. The van der Waals surface area contributed by atoms with Crippen LogP contribution in [-0.2, 0) is 19.1 Å². The van der Waals surface area contributed by atoms with Crippen molar-refractivity contribution in [2.45, 2.75) is 83.7 Å². The first-order valence-electron chi connectivity index (χ1n) is 12.7. The van der Waals surface area contributed by atoms with Crippen LogP contribution in [-0.4, -0.2) is 49.4 Å². The van der Waals surface area contributed by atoms with E-state index in [0.717, 1.165) is 37.0 Å². The maximum atomic E-state index is 12.9. The van der Waals surface area contributed by atoms with Gasteiger partial charge in [0.15, 0.2) is 0 Å². The minimum atomic E-state index is -0.784. The summed E-state index contributed by atoms with van der Waals surface area (Å²) in [5, 5.41) is 8.21. The summed E-state index contributed by atoms with van der Waals surface area (Å²) in [5.41, 5.74) is 0.117. The topological polar surface area (TPSA) is 114 Å². The average Bonchev–Trinajstić information content (AvgIpc) is 3.14. The SMILES string of the molecule is CC(C)C[C@H](NC(=O)OCC12CC3CC(CC(C3)C1)C2)C(=O)N[C@H](C=O)C[C@@H]1CCNC1=O. The molecule has 33 heavy (non-hydrogen) atoms. The minimum Gasteiger partial charge on any atom is -0.449 e. The molecule has 0 aromatic heterocycles. The van der Waals surface area contributed by atoms with E-state index in [1.54, 1.807) is 0 Å². The number of nitrogens with one attached hydrogen (secondary N) is 3. The van der Waals surface area contributed by atoms with Crippen LogP contribution in [0.5, 0.6) is 0 Å². The first kappa shape index (κ1) is 24.0. The number of alkyl carbamates (subject to hydrolysis) is 1. The van der Waals surface area contributed by atoms with Gasteiger partial charge in [0, 0.05) is 17.9 Å². The number of hydrogen-bond acceptors (Lipinski definition) is 5. The standard InChI is InChI=1S/C25H39N3O5/c1-15(2)5-21(23(31)27-20(13-29)9-19-3-4-26-22(19)30)28-24(32)33-14-25-10-16-6-17(11-25)8-18(7-16)12-25/h13,15-21H,3-12,14H2,1-2H3,(H,26,30)(H,27,31)(H,28,32)/t16?,17?,18?,19-,20-,21-,25?/m0/s1. The molecular weight excluding hydrogens is 422 g/mol. The summed E-state index contributed by atoms with van der Waals surface area (Å²) in [6.07, 6.45) is 8.93. The zero-order chi connectivity index (χ0) is 23.6. The van der Waals surface area contributed by atoms with Gasteiger partial charge in [0.1, 0.15) is 12.3 Å². The summed E-state index contributed by atoms with van der Waals surface area (Å²) in [5.74, 6) is 1.74. The maximum absolute atomic E-state index is 12.9. The van der Waals surface area contributed by atoms with Gasteiger partial charge in [0.2, 0.25) is 11.8 Å². The molecule has 4 saturated carbocycles. The van der Waals surface area contributed by atoms with E-state index in [-0.39, 0.29) is 29.6 Å². The van der Waals surface area contributed by atoms with Crippen LogP contribution in [0.1, 0.15) is 71.6 Å². The van der Waals surface area contributed by atoms with Crippen LogP contribution in [0, 0.1) is 35.0 Å². The number of carbonyl (C=O) groups is 4. The first-order chi connectivity index (χ1) is 15.7. The highest BCUT2D eigenvalue weighted by Gasteiger charge is 2.51. The predicted molar refractivity (Wildman–Crippen MR) is 122 cm³/mol. The number of rotatable bonds is 10. The molecule has 0 aromatic rings. The van der Waals surface area contributed by atoms with Gasteiger partial charge in [0.25, 0.3) is 0 Å². The van der Waals surface area contributed by atoms with Crippen LogP contribution < -0.4 is 16.0 Å². The maximum Gasteiger partial charge on any atom is 0.407 e. The third-order valence-corrected chi connectivity index (χ3v) is 8.18. The molecule has 5 aliphatic rings. The molecule has 4 bridgehead atoms. The Bertz CT molecular complexity index is 732. The van der Waals surface area contributed by atoms with Crippen molar-refractivity contribution >= 4 is 24.2 Å². The minimum absolute atomic E-state index is 0.0822. The van der Waals surface area contributed by atoms with E-state index in [1.165, 1.54) is 19.3 Å². The second-order valence-corrected chi connectivity index (χ2v) is 11.6. The molecule has 8 nitrogen and oxygen atoms in total. The number of carbonyl (C=O) groups excluding carboxylic acids is 4. The fourth-order valence-electron chi connectivity index (χ4n) is 7.18. The Labute approximate surface area is 196 Å². The Morgan fingerprint density at radius 1 is 1.12 bits per heavy atom. The van der Waals surface area contributed by atoms with Crippen LogP contribution in [0.25, 0.3) is 0 Å². The van der Waals surface area contributed by atoms with E-state index in [0.29, 0.717) is 32.3 Å². The first-order valence-corrected chi connectivity index (χ1v) is 12.7. The lowest BCUT2D eigenvalue weighted by Crippen LogP contribution is -2.52. The van der Waals surface area contributed by atoms with E-state index >= 15 is 0 Å². The summed E-state index contributed by atoms with van der Waals surface area (Å²) >= 11 is 0. The lowest BCUT2D eigenvalue weighted by molar-refractivity contribution is -0.127. The van der Waals surface area contributed by atoms with E-state index in [1.807, 2.05) is 13.8 Å². The monoisotopic (exact) mass is 461 g/mol.